The minimum Gasteiger partial charge on any atom is -0.325 e. The molecule has 2 amide bonds. The zero-order valence-electron chi connectivity index (χ0n) is 15.8. The topological polar surface area (TPSA) is 106 Å². The van der Waals surface area contributed by atoms with E-state index in [0.717, 1.165) is 18.2 Å². The first-order valence-corrected chi connectivity index (χ1v) is 9.54. The number of anilines is 1. The molecule has 27 heavy (non-hydrogen) atoms. The van der Waals surface area contributed by atoms with E-state index in [1.165, 1.54) is 5.56 Å². The predicted octanol–water partition coefficient (Wildman–Crippen LogP) is 3.34. The zero-order chi connectivity index (χ0) is 20.2. The predicted molar refractivity (Wildman–Crippen MR) is 105 cm³/mol. The molecular formula is C20H22N4O2S. The highest BCUT2D eigenvalue weighted by Gasteiger charge is 2.45. The van der Waals surface area contributed by atoms with E-state index in [0.29, 0.717) is 16.3 Å². The second kappa shape index (κ2) is 8.28. The molecule has 1 heterocycles. The summed E-state index contributed by atoms with van der Waals surface area (Å²) in [6.45, 7) is 7.15. The fraction of sp³-hybridized carbons (Fsp3) is 0.400. The lowest BCUT2D eigenvalue weighted by molar-refractivity contribution is -0.125. The normalized spacial score (nSPS) is 19.5. The number of benzene rings is 1. The molecule has 0 aliphatic carbocycles. The average molecular weight is 382 g/mol. The molecule has 140 valence electrons. The average Bonchev–Trinajstić information content (AvgIpc) is 2.62. The Morgan fingerprint density at radius 2 is 1.96 bits per heavy atom. The van der Waals surface area contributed by atoms with E-state index in [1.54, 1.807) is 20.8 Å². The lowest BCUT2D eigenvalue weighted by Crippen LogP contribution is -2.45. The summed E-state index contributed by atoms with van der Waals surface area (Å²) in [5.74, 6) is -1.63. The Balaban J connectivity index is 2.17. The molecule has 1 aliphatic rings. The number of carbonyl (C=O) groups is 2. The third kappa shape index (κ3) is 4.32. The van der Waals surface area contributed by atoms with Gasteiger partial charge in [0.25, 0.3) is 0 Å². The molecule has 0 saturated heterocycles. The van der Waals surface area contributed by atoms with Crippen LogP contribution < -0.4 is 10.6 Å². The highest BCUT2D eigenvalue weighted by molar-refractivity contribution is 8.04. The number of nitrogens with zero attached hydrogens (tertiary/aromatic N) is 2. The zero-order valence-corrected chi connectivity index (χ0v) is 16.6. The van der Waals surface area contributed by atoms with Crippen molar-refractivity contribution in [3.8, 4) is 12.1 Å². The second-order valence-electron chi connectivity index (χ2n) is 6.89. The van der Waals surface area contributed by atoms with Crippen LogP contribution in [0.5, 0.6) is 0 Å². The molecule has 0 bridgehead atoms. The SMILES string of the molecule is CCc1ccc(NC(=O)[C@@H](C)SC2=C(C#N)C(C)(C)[C@@H](C#N)C(=O)N2)cc1. The van der Waals surface area contributed by atoms with Gasteiger partial charge in [-0.25, -0.2) is 0 Å². The number of hydrogen-bond donors (Lipinski definition) is 2. The van der Waals surface area contributed by atoms with Gasteiger partial charge in [-0.3, -0.25) is 9.59 Å². The van der Waals surface area contributed by atoms with Crippen LogP contribution in [0.15, 0.2) is 34.9 Å². The highest BCUT2D eigenvalue weighted by atomic mass is 32.2. The van der Waals surface area contributed by atoms with Crippen molar-refractivity contribution in [3.05, 3.63) is 40.4 Å². The van der Waals surface area contributed by atoms with Gasteiger partial charge in [-0.1, -0.05) is 44.7 Å². The van der Waals surface area contributed by atoms with Gasteiger partial charge >= 0.3 is 0 Å². The molecular weight excluding hydrogens is 360 g/mol. The third-order valence-corrected chi connectivity index (χ3v) is 5.74. The van der Waals surface area contributed by atoms with Crippen LogP contribution in [-0.2, 0) is 16.0 Å². The number of allylic oxidation sites excluding steroid dienone is 1. The van der Waals surface area contributed by atoms with Crippen LogP contribution in [0.1, 0.15) is 33.3 Å². The quantitative estimate of drug-likeness (QED) is 0.812. The molecule has 2 rings (SSSR count). The van der Waals surface area contributed by atoms with Gasteiger partial charge in [0.15, 0.2) is 0 Å². The summed E-state index contributed by atoms with van der Waals surface area (Å²) in [4.78, 5) is 24.7. The standard InChI is InChI=1S/C20H22N4O2S/c1-5-13-6-8-14(9-7-13)23-17(25)12(2)27-19-16(11-22)20(3,4)15(10-21)18(26)24-19/h6-9,12,15H,5H2,1-4H3,(H,23,25)(H,24,26)/t12-,15+/m1/s1. The summed E-state index contributed by atoms with van der Waals surface area (Å²) in [5, 5.41) is 24.1. The molecule has 0 saturated carbocycles. The van der Waals surface area contributed by atoms with Crippen LogP contribution in [0.4, 0.5) is 5.69 Å². The monoisotopic (exact) mass is 382 g/mol. The first-order chi connectivity index (χ1) is 12.7. The van der Waals surface area contributed by atoms with Crippen molar-refractivity contribution in [1.29, 1.82) is 10.5 Å². The Kier molecular flexibility index (Phi) is 6.30. The Hall–Kier alpha value is -2.77. The highest BCUT2D eigenvalue weighted by Crippen LogP contribution is 2.42. The van der Waals surface area contributed by atoms with Crippen LogP contribution in [0, 0.1) is 34.0 Å². The smallest absolute Gasteiger partial charge is 0.243 e. The van der Waals surface area contributed by atoms with Crippen LogP contribution in [-0.4, -0.2) is 17.1 Å². The van der Waals surface area contributed by atoms with Gasteiger partial charge < -0.3 is 10.6 Å². The molecule has 1 aliphatic heterocycles. The lowest BCUT2D eigenvalue weighted by atomic mass is 9.72. The molecule has 0 radical (unpaired) electrons. The van der Waals surface area contributed by atoms with Crippen molar-refractivity contribution in [2.45, 2.75) is 39.4 Å². The van der Waals surface area contributed by atoms with E-state index in [-0.39, 0.29) is 5.91 Å². The maximum Gasteiger partial charge on any atom is 0.243 e. The molecule has 0 unspecified atom stereocenters. The minimum absolute atomic E-state index is 0.233. The number of rotatable bonds is 5. The van der Waals surface area contributed by atoms with Gasteiger partial charge in [-0.2, -0.15) is 10.5 Å². The summed E-state index contributed by atoms with van der Waals surface area (Å²) >= 11 is 1.11. The summed E-state index contributed by atoms with van der Waals surface area (Å²) in [6, 6.07) is 11.7. The molecule has 1 aromatic carbocycles. The molecule has 6 nitrogen and oxygen atoms in total. The number of aryl methyl sites for hydroxylation is 1. The lowest BCUT2D eigenvalue weighted by Gasteiger charge is -2.35. The molecule has 7 heteroatoms. The molecule has 0 fully saturated rings. The van der Waals surface area contributed by atoms with Crippen LogP contribution in [0.2, 0.25) is 0 Å². The van der Waals surface area contributed by atoms with Gasteiger partial charge in [0.2, 0.25) is 11.8 Å². The van der Waals surface area contributed by atoms with Crippen molar-refractivity contribution in [3.63, 3.8) is 0 Å². The van der Waals surface area contributed by atoms with Gasteiger partial charge in [0, 0.05) is 11.1 Å². The second-order valence-corrected chi connectivity index (χ2v) is 8.24. The molecule has 0 spiro atoms. The Morgan fingerprint density at radius 1 is 1.33 bits per heavy atom. The summed E-state index contributed by atoms with van der Waals surface area (Å²) in [5.41, 5.74) is 1.26. The maximum atomic E-state index is 12.5. The van der Waals surface area contributed by atoms with Crippen LogP contribution >= 0.6 is 11.8 Å². The largest absolute Gasteiger partial charge is 0.325 e. The molecule has 0 aromatic heterocycles. The van der Waals surface area contributed by atoms with Crippen molar-refractivity contribution in [2.75, 3.05) is 5.32 Å². The summed E-state index contributed by atoms with van der Waals surface area (Å²) in [6.07, 6.45) is 0.921. The van der Waals surface area contributed by atoms with E-state index in [9.17, 15) is 20.1 Å². The van der Waals surface area contributed by atoms with Gasteiger partial charge in [0.05, 0.1) is 28.0 Å². The van der Waals surface area contributed by atoms with Crippen LogP contribution in [0.25, 0.3) is 0 Å². The Labute approximate surface area is 163 Å². The van der Waals surface area contributed by atoms with E-state index in [1.807, 2.05) is 30.3 Å². The number of nitrogens with one attached hydrogen (secondary N) is 2. The van der Waals surface area contributed by atoms with Crippen molar-refractivity contribution in [1.82, 2.24) is 5.32 Å². The maximum absolute atomic E-state index is 12.5. The van der Waals surface area contributed by atoms with E-state index in [4.69, 9.17) is 0 Å². The number of carbonyl (C=O) groups excluding carboxylic acids is 2. The summed E-state index contributed by atoms with van der Waals surface area (Å²) in [7, 11) is 0. The first kappa shape index (κ1) is 20.5. The third-order valence-electron chi connectivity index (χ3n) is 4.63. The van der Waals surface area contributed by atoms with Crippen molar-refractivity contribution >= 4 is 29.3 Å². The minimum atomic E-state index is -0.947. The molecule has 2 N–H and O–H groups in total. The fourth-order valence-electron chi connectivity index (χ4n) is 2.81. The van der Waals surface area contributed by atoms with Crippen molar-refractivity contribution < 1.29 is 9.59 Å². The first-order valence-electron chi connectivity index (χ1n) is 8.66. The molecule has 1 aromatic rings. The van der Waals surface area contributed by atoms with E-state index < -0.39 is 22.5 Å². The van der Waals surface area contributed by atoms with Gasteiger partial charge in [-0.05, 0) is 31.0 Å². The van der Waals surface area contributed by atoms with Gasteiger partial charge in [-0.15, -0.1) is 0 Å². The fourth-order valence-corrected chi connectivity index (χ4v) is 3.92. The van der Waals surface area contributed by atoms with Gasteiger partial charge in [0.1, 0.15) is 5.92 Å². The number of amides is 2. The Morgan fingerprint density at radius 3 is 2.48 bits per heavy atom. The number of nitriles is 2. The number of thioether (sulfide) groups is 1. The van der Waals surface area contributed by atoms with E-state index in [2.05, 4.69) is 23.6 Å². The summed E-state index contributed by atoms with van der Waals surface area (Å²) < 4.78 is 0. The number of hydrogen-bond acceptors (Lipinski definition) is 5. The van der Waals surface area contributed by atoms with Crippen LogP contribution in [0.3, 0.4) is 0 Å². The molecule has 2 atom stereocenters. The Bertz CT molecular complexity index is 859. The van der Waals surface area contributed by atoms with E-state index >= 15 is 0 Å². The van der Waals surface area contributed by atoms with Crippen molar-refractivity contribution in [2.24, 2.45) is 11.3 Å².